The minimum absolute atomic E-state index is 0.0420. The average molecular weight is 243 g/mol. The van der Waals surface area contributed by atoms with Gasteiger partial charge in [0.05, 0.1) is 0 Å². The van der Waals surface area contributed by atoms with Crippen LogP contribution < -0.4 is 10.1 Å². The van der Waals surface area contributed by atoms with E-state index in [0.29, 0.717) is 18.0 Å². The Hall–Kier alpha value is -1.65. The van der Waals surface area contributed by atoms with E-state index in [1.54, 1.807) is 0 Å². The van der Waals surface area contributed by atoms with Crippen molar-refractivity contribution in [2.24, 2.45) is 5.92 Å². The molecular weight excluding hydrogens is 228 g/mol. The fraction of sp³-hybridized carbons (Fsp3) is 0.417. The molecule has 1 amide bonds. The second-order valence-corrected chi connectivity index (χ2v) is 4.01. The van der Waals surface area contributed by atoms with Crippen molar-refractivity contribution in [1.82, 2.24) is 5.32 Å². The molecule has 0 aliphatic rings. The summed E-state index contributed by atoms with van der Waals surface area (Å²) in [6.45, 7) is 1.70. The number of ether oxygens (including phenoxy) is 1. The van der Waals surface area contributed by atoms with Crippen LogP contribution in [-0.2, 0) is 0 Å². The van der Waals surface area contributed by atoms with Crippen LogP contribution in [0.15, 0.2) is 24.3 Å². The van der Waals surface area contributed by atoms with Crippen molar-refractivity contribution >= 4 is 5.91 Å². The van der Waals surface area contributed by atoms with E-state index >= 15 is 0 Å². The van der Waals surface area contributed by atoms with Crippen molar-refractivity contribution in [1.29, 1.82) is 0 Å². The summed E-state index contributed by atoms with van der Waals surface area (Å²) in [5, 5.41) is 2.73. The SMILES string of the molecule is CC(C)CNC(=O)c1ccc(OC(F)F)cc1. The fourth-order valence-electron chi connectivity index (χ4n) is 1.19. The van der Waals surface area contributed by atoms with Gasteiger partial charge in [-0.1, -0.05) is 13.8 Å². The number of benzene rings is 1. The first-order chi connectivity index (χ1) is 7.99. The van der Waals surface area contributed by atoms with Crippen molar-refractivity contribution in [3.8, 4) is 5.75 Å². The average Bonchev–Trinajstić information content (AvgIpc) is 2.26. The molecule has 0 saturated carbocycles. The molecule has 1 N–H and O–H groups in total. The van der Waals surface area contributed by atoms with E-state index in [4.69, 9.17) is 0 Å². The first-order valence-electron chi connectivity index (χ1n) is 5.32. The van der Waals surface area contributed by atoms with Crippen LogP contribution in [0.4, 0.5) is 8.78 Å². The van der Waals surface area contributed by atoms with Crippen LogP contribution in [0.25, 0.3) is 0 Å². The second-order valence-electron chi connectivity index (χ2n) is 4.01. The highest BCUT2D eigenvalue weighted by molar-refractivity contribution is 5.94. The lowest BCUT2D eigenvalue weighted by Crippen LogP contribution is -2.27. The topological polar surface area (TPSA) is 38.3 Å². The van der Waals surface area contributed by atoms with Crippen LogP contribution in [0.3, 0.4) is 0 Å². The van der Waals surface area contributed by atoms with Gasteiger partial charge in [-0.3, -0.25) is 4.79 Å². The van der Waals surface area contributed by atoms with Crippen molar-refractivity contribution in [3.05, 3.63) is 29.8 Å². The van der Waals surface area contributed by atoms with Gasteiger partial charge < -0.3 is 10.1 Å². The van der Waals surface area contributed by atoms with E-state index in [2.05, 4.69) is 10.1 Å². The predicted octanol–water partition coefficient (Wildman–Crippen LogP) is 2.67. The molecule has 1 aromatic carbocycles. The summed E-state index contributed by atoms with van der Waals surface area (Å²) in [5.41, 5.74) is 0.423. The Labute approximate surface area is 98.8 Å². The Bertz CT molecular complexity index is 363. The lowest BCUT2D eigenvalue weighted by atomic mass is 10.2. The molecule has 0 heterocycles. The monoisotopic (exact) mass is 243 g/mol. The van der Waals surface area contributed by atoms with Crippen LogP contribution >= 0.6 is 0 Å². The van der Waals surface area contributed by atoms with Crippen LogP contribution in [0, 0.1) is 5.92 Å². The predicted molar refractivity (Wildman–Crippen MR) is 60.2 cm³/mol. The molecule has 0 radical (unpaired) electrons. The van der Waals surface area contributed by atoms with Crippen LogP contribution in [0.2, 0.25) is 0 Å². The number of rotatable bonds is 5. The Morgan fingerprint density at radius 1 is 1.29 bits per heavy atom. The van der Waals surface area contributed by atoms with Gasteiger partial charge in [-0.05, 0) is 30.2 Å². The first kappa shape index (κ1) is 13.4. The minimum Gasteiger partial charge on any atom is -0.435 e. The molecule has 0 spiro atoms. The quantitative estimate of drug-likeness (QED) is 0.863. The molecule has 1 rings (SSSR count). The lowest BCUT2D eigenvalue weighted by molar-refractivity contribution is -0.0498. The van der Waals surface area contributed by atoms with E-state index in [1.165, 1.54) is 24.3 Å². The molecule has 0 aromatic heterocycles. The van der Waals surface area contributed by atoms with Gasteiger partial charge in [0, 0.05) is 12.1 Å². The molecule has 94 valence electrons. The fourth-order valence-corrected chi connectivity index (χ4v) is 1.19. The van der Waals surface area contributed by atoms with E-state index in [9.17, 15) is 13.6 Å². The highest BCUT2D eigenvalue weighted by Gasteiger charge is 2.08. The zero-order valence-corrected chi connectivity index (χ0v) is 9.74. The summed E-state index contributed by atoms with van der Waals surface area (Å²) in [4.78, 5) is 11.6. The van der Waals surface area contributed by atoms with Gasteiger partial charge in [-0.15, -0.1) is 0 Å². The molecular formula is C12H15F2NO2. The molecule has 3 nitrogen and oxygen atoms in total. The number of hydrogen-bond donors (Lipinski definition) is 1. The summed E-state index contributed by atoms with van der Waals surface area (Å²) in [7, 11) is 0. The third-order valence-corrected chi connectivity index (χ3v) is 2.01. The molecule has 0 fully saturated rings. The van der Waals surface area contributed by atoms with Crippen molar-refractivity contribution in [3.63, 3.8) is 0 Å². The van der Waals surface area contributed by atoms with Gasteiger partial charge >= 0.3 is 6.61 Å². The largest absolute Gasteiger partial charge is 0.435 e. The zero-order chi connectivity index (χ0) is 12.8. The van der Waals surface area contributed by atoms with Gasteiger partial charge in [-0.25, -0.2) is 0 Å². The highest BCUT2D eigenvalue weighted by Crippen LogP contribution is 2.14. The number of carbonyl (C=O) groups is 1. The summed E-state index contributed by atoms with van der Waals surface area (Å²) < 4.78 is 28.0. The number of hydrogen-bond acceptors (Lipinski definition) is 2. The van der Waals surface area contributed by atoms with Gasteiger partial charge in [0.1, 0.15) is 5.75 Å². The van der Waals surface area contributed by atoms with Crippen LogP contribution in [0.1, 0.15) is 24.2 Å². The minimum atomic E-state index is -2.85. The standard InChI is InChI=1S/C12H15F2NO2/c1-8(2)7-15-11(16)9-3-5-10(6-4-9)17-12(13)14/h3-6,8,12H,7H2,1-2H3,(H,15,16). The van der Waals surface area contributed by atoms with Gasteiger partial charge in [0.2, 0.25) is 0 Å². The highest BCUT2D eigenvalue weighted by atomic mass is 19.3. The Morgan fingerprint density at radius 2 is 1.88 bits per heavy atom. The lowest BCUT2D eigenvalue weighted by Gasteiger charge is -2.08. The number of halogens is 2. The zero-order valence-electron chi connectivity index (χ0n) is 9.74. The van der Waals surface area contributed by atoms with Crippen LogP contribution in [0.5, 0.6) is 5.75 Å². The van der Waals surface area contributed by atoms with Crippen LogP contribution in [-0.4, -0.2) is 19.1 Å². The third-order valence-electron chi connectivity index (χ3n) is 2.01. The van der Waals surface area contributed by atoms with Crippen molar-refractivity contribution < 1.29 is 18.3 Å². The molecule has 0 atom stereocenters. The molecule has 0 bridgehead atoms. The van der Waals surface area contributed by atoms with Gasteiger partial charge in [0.15, 0.2) is 0 Å². The normalized spacial score (nSPS) is 10.7. The Balaban J connectivity index is 2.57. The van der Waals surface area contributed by atoms with Gasteiger partial charge in [0.25, 0.3) is 5.91 Å². The van der Waals surface area contributed by atoms with E-state index < -0.39 is 6.61 Å². The summed E-state index contributed by atoms with van der Waals surface area (Å²) in [6.07, 6.45) is 0. The first-order valence-corrected chi connectivity index (χ1v) is 5.32. The number of nitrogens with one attached hydrogen (secondary N) is 1. The Kier molecular flexibility index (Phi) is 4.87. The molecule has 0 unspecified atom stereocenters. The molecule has 0 saturated heterocycles. The molecule has 0 aliphatic carbocycles. The molecule has 17 heavy (non-hydrogen) atoms. The van der Waals surface area contributed by atoms with Crippen molar-refractivity contribution in [2.75, 3.05) is 6.54 Å². The van der Waals surface area contributed by atoms with Crippen molar-refractivity contribution in [2.45, 2.75) is 20.5 Å². The number of amides is 1. The van der Waals surface area contributed by atoms with E-state index in [-0.39, 0.29) is 11.7 Å². The van der Waals surface area contributed by atoms with E-state index in [0.717, 1.165) is 0 Å². The number of carbonyl (C=O) groups excluding carboxylic acids is 1. The number of alkyl halides is 2. The maximum absolute atomic E-state index is 11.9. The molecule has 1 aromatic rings. The van der Waals surface area contributed by atoms with Gasteiger partial charge in [-0.2, -0.15) is 8.78 Å². The third kappa shape index (κ3) is 4.80. The molecule has 5 heteroatoms. The maximum atomic E-state index is 11.9. The summed E-state index contributed by atoms with van der Waals surface area (Å²) >= 11 is 0. The smallest absolute Gasteiger partial charge is 0.387 e. The van der Waals surface area contributed by atoms with E-state index in [1.807, 2.05) is 13.8 Å². The second kappa shape index (κ2) is 6.18. The summed E-state index contributed by atoms with van der Waals surface area (Å²) in [6, 6.07) is 5.59. The maximum Gasteiger partial charge on any atom is 0.387 e. The molecule has 0 aliphatic heterocycles. The summed E-state index contributed by atoms with van der Waals surface area (Å²) in [5.74, 6) is 0.183. The Morgan fingerprint density at radius 3 is 2.35 bits per heavy atom.